The predicted octanol–water partition coefficient (Wildman–Crippen LogP) is 3.17. The summed E-state index contributed by atoms with van der Waals surface area (Å²) in [7, 11) is 0. The molecule has 2 unspecified atom stereocenters. The lowest BCUT2D eigenvalue weighted by atomic mass is 9.87. The van der Waals surface area contributed by atoms with Crippen LogP contribution < -0.4 is 0 Å². The second kappa shape index (κ2) is 3.04. The van der Waals surface area contributed by atoms with Gasteiger partial charge in [-0.15, -0.1) is 0 Å². The van der Waals surface area contributed by atoms with Gasteiger partial charge in [0.2, 0.25) is 0 Å². The lowest BCUT2D eigenvalue weighted by molar-refractivity contribution is 0.508. The second-order valence-electron chi connectivity index (χ2n) is 2.93. The Balaban J connectivity index is 2.44. The standard InChI is InChI=1S/C8H13I/c1-6-3-4-8(9)5-7(6)2/h7-8H,1,3-5H2,2H3. The topological polar surface area (TPSA) is 0 Å². The summed E-state index contributed by atoms with van der Waals surface area (Å²) in [5.41, 5.74) is 1.46. The molecule has 1 rings (SSSR count). The van der Waals surface area contributed by atoms with Gasteiger partial charge in [-0.05, 0) is 25.2 Å². The van der Waals surface area contributed by atoms with Crippen LogP contribution in [0.2, 0.25) is 0 Å². The SMILES string of the molecule is C=C1CCC(I)CC1C. The number of allylic oxidation sites excluding steroid dienone is 1. The third kappa shape index (κ3) is 1.95. The normalized spacial score (nSPS) is 36.9. The minimum absolute atomic E-state index is 0.778. The van der Waals surface area contributed by atoms with Crippen LogP contribution in [0.4, 0.5) is 0 Å². The average molecular weight is 236 g/mol. The Morgan fingerprint density at radius 1 is 1.67 bits per heavy atom. The Hall–Kier alpha value is 0.470. The highest BCUT2D eigenvalue weighted by Crippen LogP contribution is 2.31. The molecule has 1 saturated carbocycles. The summed E-state index contributed by atoms with van der Waals surface area (Å²) in [4.78, 5) is 0. The van der Waals surface area contributed by atoms with Crippen molar-refractivity contribution in [3.05, 3.63) is 12.2 Å². The quantitative estimate of drug-likeness (QED) is 0.344. The van der Waals surface area contributed by atoms with Crippen molar-refractivity contribution >= 4 is 22.6 Å². The zero-order valence-electron chi connectivity index (χ0n) is 5.86. The fourth-order valence-electron chi connectivity index (χ4n) is 1.26. The van der Waals surface area contributed by atoms with E-state index in [2.05, 4.69) is 36.1 Å². The summed E-state index contributed by atoms with van der Waals surface area (Å²) in [5, 5.41) is 0. The third-order valence-electron chi connectivity index (χ3n) is 2.08. The molecule has 0 amide bonds. The van der Waals surface area contributed by atoms with Crippen LogP contribution in [0.15, 0.2) is 12.2 Å². The largest absolute Gasteiger partial charge is 0.0996 e. The van der Waals surface area contributed by atoms with Crippen molar-refractivity contribution < 1.29 is 0 Å². The van der Waals surface area contributed by atoms with E-state index >= 15 is 0 Å². The Bertz CT molecular complexity index is 118. The summed E-state index contributed by atoms with van der Waals surface area (Å²) in [6.07, 6.45) is 3.96. The molecule has 1 aliphatic carbocycles. The van der Waals surface area contributed by atoms with Crippen molar-refractivity contribution in [2.75, 3.05) is 0 Å². The van der Waals surface area contributed by atoms with E-state index in [4.69, 9.17) is 0 Å². The van der Waals surface area contributed by atoms with E-state index in [0.29, 0.717) is 0 Å². The molecule has 0 bridgehead atoms. The lowest BCUT2D eigenvalue weighted by Gasteiger charge is -2.24. The summed E-state index contributed by atoms with van der Waals surface area (Å²) >= 11 is 2.54. The molecular formula is C8H13I. The number of rotatable bonds is 0. The molecule has 0 aromatic carbocycles. The Morgan fingerprint density at radius 2 is 2.33 bits per heavy atom. The molecule has 52 valence electrons. The average Bonchev–Trinajstić information content (AvgIpc) is 1.80. The van der Waals surface area contributed by atoms with Gasteiger partial charge in [-0.1, -0.05) is 41.7 Å². The fourth-order valence-corrected chi connectivity index (χ4v) is 2.33. The number of halogens is 1. The van der Waals surface area contributed by atoms with E-state index < -0.39 is 0 Å². The van der Waals surface area contributed by atoms with Crippen LogP contribution in [0, 0.1) is 5.92 Å². The first kappa shape index (κ1) is 7.58. The molecule has 1 fully saturated rings. The maximum Gasteiger partial charge on any atom is 0.0118 e. The first-order valence-electron chi connectivity index (χ1n) is 3.52. The van der Waals surface area contributed by atoms with Gasteiger partial charge >= 0.3 is 0 Å². The minimum Gasteiger partial charge on any atom is -0.0996 e. The molecule has 0 aromatic heterocycles. The van der Waals surface area contributed by atoms with Gasteiger partial charge in [0.05, 0.1) is 0 Å². The highest BCUT2D eigenvalue weighted by molar-refractivity contribution is 14.1. The third-order valence-corrected chi connectivity index (χ3v) is 3.22. The molecule has 0 saturated heterocycles. The van der Waals surface area contributed by atoms with Crippen molar-refractivity contribution in [1.82, 2.24) is 0 Å². The van der Waals surface area contributed by atoms with Crippen LogP contribution in [-0.4, -0.2) is 3.92 Å². The smallest absolute Gasteiger partial charge is 0.0118 e. The van der Waals surface area contributed by atoms with Gasteiger partial charge in [0, 0.05) is 3.92 Å². The molecule has 0 aromatic rings. The van der Waals surface area contributed by atoms with Crippen LogP contribution >= 0.6 is 22.6 Å². The van der Waals surface area contributed by atoms with Crippen molar-refractivity contribution in [2.24, 2.45) is 5.92 Å². The first-order chi connectivity index (χ1) is 4.20. The maximum absolute atomic E-state index is 4.03. The second-order valence-corrected chi connectivity index (χ2v) is 4.69. The zero-order valence-corrected chi connectivity index (χ0v) is 8.02. The number of alkyl halides is 1. The van der Waals surface area contributed by atoms with Gasteiger partial charge in [0.15, 0.2) is 0 Å². The fraction of sp³-hybridized carbons (Fsp3) is 0.750. The van der Waals surface area contributed by atoms with Crippen molar-refractivity contribution in [1.29, 1.82) is 0 Å². The van der Waals surface area contributed by atoms with Crippen molar-refractivity contribution in [3.8, 4) is 0 Å². The molecule has 9 heavy (non-hydrogen) atoms. The molecule has 0 heterocycles. The van der Waals surface area contributed by atoms with Crippen molar-refractivity contribution in [3.63, 3.8) is 0 Å². The summed E-state index contributed by atoms with van der Waals surface area (Å²) in [6.45, 7) is 6.31. The molecular weight excluding hydrogens is 223 g/mol. The summed E-state index contributed by atoms with van der Waals surface area (Å²) in [5.74, 6) is 0.778. The van der Waals surface area contributed by atoms with E-state index in [1.807, 2.05) is 0 Å². The molecule has 0 N–H and O–H groups in total. The molecule has 0 spiro atoms. The van der Waals surface area contributed by atoms with Crippen LogP contribution in [0.3, 0.4) is 0 Å². The van der Waals surface area contributed by atoms with Gasteiger partial charge in [0.1, 0.15) is 0 Å². The Labute approximate surface area is 70.9 Å². The molecule has 2 atom stereocenters. The monoisotopic (exact) mass is 236 g/mol. The van der Waals surface area contributed by atoms with E-state index in [0.717, 1.165) is 9.84 Å². The van der Waals surface area contributed by atoms with Gasteiger partial charge in [-0.2, -0.15) is 0 Å². The van der Waals surface area contributed by atoms with E-state index in [1.54, 1.807) is 0 Å². The molecule has 1 heteroatoms. The van der Waals surface area contributed by atoms with E-state index in [1.165, 1.54) is 24.8 Å². The van der Waals surface area contributed by atoms with Crippen molar-refractivity contribution in [2.45, 2.75) is 30.1 Å². The van der Waals surface area contributed by atoms with Crippen LogP contribution in [0.5, 0.6) is 0 Å². The van der Waals surface area contributed by atoms with Gasteiger partial charge < -0.3 is 0 Å². The van der Waals surface area contributed by atoms with Crippen LogP contribution in [-0.2, 0) is 0 Å². The lowest BCUT2D eigenvalue weighted by Crippen LogP contribution is -2.14. The zero-order chi connectivity index (χ0) is 6.85. The van der Waals surface area contributed by atoms with Crippen LogP contribution in [0.25, 0.3) is 0 Å². The Morgan fingerprint density at radius 3 is 2.78 bits per heavy atom. The van der Waals surface area contributed by atoms with Gasteiger partial charge in [0.25, 0.3) is 0 Å². The molecule has 0 nitrogen and oxygen atoms in total. The highest BCUT2D eigenvalue weighted by atomic mass is 127. The first-order valence-corrected chi connectivity index (χ1v) is 4.76. The summed E-state index contributed by atoms with van der Waals surface area (Å²) in [6, 6.07) is 0. The molecule has 1 aliphatic rings. The predicted molar refractivity (Wildman–Crippen MR) is 50.0 cm³/mol. The molecule has 0 aliphatic heterocycles. The Kier molecular flexibility index (Phi) is 2.56. The number of hydrogen-bond donors (Lipinski definition) is 0. The highest BCUT2D eigenvalue weighted by Gasteiger charge is 2.18. The number of hydrogen-bond acceptors (Lipinski definition) is 0. The van der Waals surface area contributed by atoms with E-state index in [-0.39, 0.29) is 0 Å². The van der Waals surface area contributed by atoms with E-state index in [9.17, 15) is 0 Å². The van der Waals surface area contributed by atoms with Gasteiger partial charge in [-0.25, -0.2) is 0 Å². The van der Waals surface area contributed by atoms with Crippen LogP contribution in [0.1, 0.15) is 26.2 Å². The molecule has 0 radical (unpaired) electrons. The summed E-state index contributed by atoms with van der Waals surface area (Å²) < 4.78 is 0.906. The minimum atomic E-state index is 0.778. The maximum atomic E-state index is 4.03. The van der Waals surface area contributed by atoms with Gasteiger partial charge in [-0.3, -0.25) is 0 Å².